The molecule has 0 spiro atoms. The van der Waals surface area contributed by atoms with E-state index in [-0.39, 0.29) is 0 Å². The maximum absolute atomic E-state index is 11.6. The third kappa shape index (κ3) is 9.02. The molecule has 0 amide bonds. The molecule has 0 unspecified atom stereocenters. The van der Waals surface area contributed by atoms with Gasteiger partial charge in [-0.2, -0.15) is 16.8 Å². The average molecular weight is 216 g/mol. The Morgan fingerprint density at radius 3 is 1.11 bits per heavy atom. The van der Waals surface area contributed by atoms with Crippen LogP contribution in [0.5, 0.6) is 0 Å². The van der Waals surface area contributed by atoms with Gasteiger partial charge in [0, 0.05) is 0 Å². The number of halogens is 4. The van der Waals surface area contributed by atoms with Gasteiger partial charge in [0.1, 0.15) is 5.90 Å². The molecule has 8 heteroatoms. The largest absolute Gasteiger partial charge is 0.282 e. The zero-order valence-electron chi connectivity index (χ0n) is 3.93. The maximum Gasteiger partial charge on any atom is 0.282 e. The molecule has 0 aliphatic carbocycles. The molecule has 0 heterocycles. The lowest BCUT2D eigenvalue weighted by Gasteiger charge is -2.01. The van der Waals surface area contributed by atoms with E-state index < -0.39 is 19.2 Å². The van der Waals surface area contributed by atoms with E-state index in [2.05, 4.69) is 23.6 Å². The molecular weight excluding hydrogens is 214 g/mol. The van der Waals surface area contributed by atoms with E-state index >= 15 is 0 Å². The Labute approximate surface area is 60.1 Å². The summed E-state index contributed by atoms with van der Waals surface area (Å²) >= 11 is 6.98. The van der Waals surface area contributed by atoms with Gasteiger partial charge < -0.3 is 0 Å². The lowest BCUT2D eigenvalue weighted by atomic mass is 11.9. The fourth-order valence-electron chi connectivity index (χ4n) is 0.192. The van der Waals surface area contributed by atoms with Gasteiger partial charge in [-0.1, -0.05) is 0 Å². The molecular formula is CH2F4P2S2. The van der Waals surface area contributed by atoms with Gasteiger partial charge in [0.15, 0.2) is 0 Å². The maximum atomic E-state index is 11.6. The van der Waals surface area contributed by atoms with Crippen LogP contribution >= 0.6 is 13.3 Å². The first-order valence-corrected chi connectivity index (χ1v) is 7.21. The summed E-state index contributed by atoms with van der Waals surface area (Å²) < 4.78 is 46.5. The van der Waals surface area contributed by atoms with E-state index in [1.807, 2.05) is 0 Å². The summed E-state index contributed by atoms with van der Waals surface area (Å²) in [6.45, 7) is -9.52. The summed E-state index contributed by atoms with van der Waals surface area (Å²) in [7, 11) is 0. The highest BCUT2D eigenvalue weighted by molar-refractivity contribution is 8.19. The zero-order chi connectivity index (χ0) is 7.71. The van der Waals surface area contributed by atoms with Gasteiger partial charge in [-0.05, 0) is 23.6 Å². The van der Waals surface area contributed by atoms with Crippen molar-refractivity contribution >= 4 is 36.9 Å². The monoisotopic (exact) mass is 216 g/mol. The van der Waals surface area contributed by atoms with Gasteiger partial charge in [0.2, 0.25) is 0 Å². The van der Waals surface area contributed by atoms with Crippen LogP contribution in [-0.2, 0) is 23.6 Å². The predicted molar refractivity (Wildman–Crippen MR) is 37.9 cm³/mol. The van der Waals surface area contributed by atoms with Crippen LogP contribution in [0, 0.1) is 0 Å². The third-order valence-corrected chi connectivity index (χ3v) is 5.04. The van der Waals surface area contributed by atoms with E-state index in [4.69, 9.17) is 0 Å². The first-order chi connectivity index (χ1) is 3.71. The molecule has 0 aliphatic heterocycles. The van der Waals surface area contributed by atoms with Crippen LogP contribution in [0.15, 0.2) is 0 Å². The average Bonchev–Trinajstić information content (AvgIpc) is 1.14. The molecule has 0 nitrogen and oxygen atoms in total. The van der Waals surface area contributed by atoms with Gasteiger partial charge in [-0.25, -0.2) is 0 Å². The first-order valence-electron chi connectivity index (χ1n) is 1.67. The Hall–Kier alpha value is 1.02. The molecule has 0 saturated heterocycles. The van der Waals surface area contributed by atoms with Gasteiger partial charge in [-0.15, -0.1) is 0 Å². The zero-order valence-corrected chi connectivity index (χ0v) is 7.35. The molecule has 0 fully saturated rings. The minimum absolute atomic E-state index is 1.52. The van der Waals surface area contributed by atoms with Gasteiger partial charge in [0.05, 0.1) is 0 Å². The number of hydrogen-bond acceptors (Lipinski definition) is 2. The van der Waals surface area contributed by atoms with Gasteiger partial charge in [-0.3, -0.25) is 0 Å². The molecule has 0 aromatic carbocycles. The van der Waals surface area contributed by atoms with Gasteiger partial charge in [0.25, 0.3) is 13.3 Å². The molecule has 0 N–H and O–H groups in total. The highest BCUT2D eigenvalue weighted by Gasteiger charge is 2.26. The summed E-state index contributed by atoms with van der Waals surface area (Å²) in [6, 6.07) is 0. The lowest BCUT2D eigenvalue weighted by Crippen LogP contribution is -1.70. The third-order valence-electron chi connectivity index (χ3n) is 0.329. The minimum atomic E-state index is -4.76. The van der Waals surface area contributed by atoms with Crippen molar-refractivity contribution in [3.8, 4) is 0 Å². The van der Waals surface area contributed by atoms with Crippen molar-refractivity contribution in [1.82, 2.24) is 0 Å². The Morgan fingerprint density at radius 1 is 0.889 bits per heavy atom. The van der Waals surface area contributed by atoms with E-state index in [0.29, 0.717) is 0 Å². The Balaban J connectivity index is 4.07. The lowest BCUT2D eigenvalue weighted by molar-refractivity contribution is 0.722. The quantitative estimate of drug-likeness (QED) is 0.512. The Bertz CT molecular complexity index is 157. The van der Waals surface area contributed by atoms with Crippen LogP contribution in [0.3, 0.4) is 0 Å². The molecule has 0 radical (unpaired) electrons. The highest BCUT2D eigenvalue weighted by Crippen LogP contribution is 2.65. The molecule has 9 heavy (non-hydrogen) atoms. The second-order valence-electron chi connectivity index (χ2n) is 1.28. The van der Waals surface area contributed by atoms with Crippen molar-refractivity contribution in [3.05, 3.63) is 0 Å². The van der Waals surface area contributed by atoms with Crippen LogP contribution in [0.1, 0.15) is 0 Å². The smallest absolute Gasteiger partial charge is 0.181 e. The topological polar surface area (TPSA) is 0 Å². The van der Waals surface area contributed by atoms with Crippen LogP contribution in [0.2, 0.25) is 0 Å². The molecule has 0 saturated carbocycles. The molecule has 56 valence electrons. The van der Waals surface area contributed by atoms with Crippen LogP contribution in [0.25, 0.3) is 0 Å². The van der Waals surface area contributed by atoms with E-state index in [9.17, 15) is 16.8 Å². The molecule has 0 aromatic heterocycles. The fourth-order valence-corrected chi connectivity index (χ4v) is 4.99. The van der Waals surface area contributed by atoms with E-state index in [1.54, 1.807) is 0 Å². The van der Waals surface area contributed by atoms with Crippen LogP contribution in [-0.4, -0.2) is 5.90 Å². The summed E-state index contributed by atoms with van der Waals surface area (Å²) in [5, 5.41) is 0. The Kier molecular flexibility index (Phi) is 3.29. The van der Waals surface area contributed by atoms with Crippen molar-refractivity contribution in [1.29, 1.82) is 0 Å². The summed E-state index contributed by atoms with van der Waals surface area (Å²) in [5.41, 5.74) is 0. The SMILES string of the molecule is FP(F)(=S)CP(F)(F)=S. The molecule has 0 bridgehead atoms. The first kappa shape index (κ1) is 10.0. The Morgan fingerprint density at radius 2 is 1.11 bits per heavy atom. The number of rotatable bonds is 2. The summed E-state index contributed by atoms with van der Waals surface area (Å²) in [6.07, 6.45) is 0. The minimum Gasteiger partial charge on any atom is -0.181 e. The number of hydrogen-bond donors (Lipinski definition) is 0. The predicted octanol–water partition coefficient (Wildman–Crippen LogP) is 3.44. The van der Waals surface area contributed by atoms with Crippen molar-refractivity contribution in [2.45, 2.75) is 0 Å². The van der Waals surface area contributed by atoms with Crippen molar-refractivity contribution < 1.29 is 16.8 Å². The second-order valence-corrected chi connectivity index (χ2v) is 7.90. The van der Waals surface area contributed by atoms with Crippen molar-refractivity contribution in [3.63, 3.8) is 0 Å². The normalized spacial score (nSPS) is 13.8. The fraction of sp³-hybridized carbons (Fsp3) is 1.00. The van der Waals surface area contributed by atoms with Crippen molar-refractivity contribution in [2.75, 3.05) is 5.90 Å². The molecule has 0 aliphatic rings. The molecule has 0 rings (SSSR count). The van der Waals surface area contributed by atoms with Crippen LogP contribution < -0.4 is 0 Å². The van der Waals surface area contributed by atoms with E-state index in [1.165, 1.54) is 0 Å². The molecule has 0 aromatic rings. The summed E-state index contributed by atoms with van der Waals surface area (Å²) in [4.78, 5) is 0. The highest BCUT2D eigenvalue weighted by atomic mass is 32.5. The summed E-state index contributed by atoms with van der Waals surface area (Å²) in [5.74, 6) is -1.52. The van der Waals surface area contributed by atoms with Crippen LogP contribution in [0.4, 0.5) is 16.8 Å². The molecule has 0 atom stereocenters. The van der Waals surface area contributed by atoms with Crippen molar-refractivity contribution in [2.24, 2.45) is 0 Å². The standard InChI is InChI=1S/CH2F4P2S2/c2-6(3,8)1-7(4,5)9/h1H2. The van der Waals surface area contributed by atoms with Gasteiger partial charge >= 0.3 is 0 Å². The van der Waals surface area contributed by atoms with E-state index in [0.717, 1.165) is 0 Å². The second kappa shape index (κ2) is 2.95.